The maximum absolute atomic E-state index is 12.8. The largest absolute Gasteiger partial charge is 0.325 e. The van der Waals surface area contributed by atoms with Crippen LogP contribution in [-0.4, -0.2) is 42.9 Å². The van der Waals surface area contributed by atoms with Gasteiger partial charge in [-0.15, -0.1) is 5.10 Å². The van der Waals surface area contributed by atoms with Crippen molar-refractivity contribution in [3.8, 4) is 0 Å². The number of rotatable bonds is 5. The lowest BCUT2D eigenvalue weighted by molar-refractivity contribution is -0.127. The van der Waals surface area contributed by atoms with E-state index in [4.69, 9.17) is 11.6 Å². The molecule has 1 aliphatic rings. The van der Waals surface area contributed by atoms with Crippen molar-refractivity contribution in [1.82, 2.24) is 30.2 Å². The summed E-state index contributed by atoms with van der Waals surface area (Å²) in [6.45, 7) is 4.04. The number of nitrogens with zero attached hydrogens (tertiary/aromatic N) is 5. The molecule has 3 aromatic rings. The van der Waals surface area contributed by atoms with Crippen molar-refractivity contribution in [1.29, 1.82) is 0 Å². The predicted molar refractivity (Wildman–Crippen MR) is 104 cm³/mol. The molecule has 1 atom stereocenters. The summed E-state index contributed by atoms with van der Waals surface area (Å²) < 4.78 is 1.72. The van der Waals surface area contributed by atoms with Gasteiger partial charge in [0.1, 0.15) is 6.04 Å². The predicted octanol–water partition coefficient (Wildman–Crippen LogP) is 2.72. The number of hydrogen-bond acceptors (Lipinski definition) is 5. The van der Waals surface area contributed by atoms with Gasteiger partial charge < -0.3 is 5.32 Å². The van der Waals surface area contributed by atoms with Gasteiger partial charge >= 0.3 is 6.03 Å². The van der Waals surface area contributed by atoms with Gasteiger partial charge in [0.05, 0.1) is 17.8 Å². The number of nitrogens with one attached hydrogen (secondary N) is 1. The van der Waals surface area contributed by atoms with Crippen LogP contribution in [-0.2, 0) is 17.8 Å². The van der Waals surface area contributed by atoms with Crippen LogP contribution >= 0.6 is 11.6 Å². The third-order valence-electron chi connectivity index (χ3n) is 4.75. The van der Waals surface area contributed by atoms with Crippen LogP contribution in [0.4, 0.5) is 4.79 Å². The average molecular weight is 399 g/mol. The number of fused-ring (bicyclic) bond motifs is 1. The van der Waals surface area contributed by atoms with E-state index >= 15 is 0 Å². The van der Waals surface area contributed by atoms with Gasteiger partial charge in [0.25, 0.3) is 5.91 Å². The van der Waals surface area contributed by atoms with E-state index in [1.54, 1.807) is 23.1 Å². The minimum atomic E-state index is -0.675. The monoisotopic (exact) mass is 398 g/mol. The summed E-state index contributed by atoms with van der Waals surface area (Å²) in [6, 6.07) is 6.40. The van der Waals surface area contributed by atoms with Crippen LogP contribution in [0.1, 0.15) is 31.1 Å². The van der Waals surface area contributed by atoms with Crippen molar-refractivity contribution < 1.29 is 9.59 Å². The summed E-state index contributed by atoms with van der Waals surface area (Å²) in [4.78, 5) is 30.8. The van der Waals surface area contributed by atoms with Gasteiger partial charge in [-0.2, -0.15) is 0 Å². The van der Waals surface area contributed by atoms with Crippen molar-refractivity contribution in [2.45, 2.75) is 38.9 Å². The minimum Gasteiger partial charge on any atom is -0.325 e. The lowest BCUT2D eigenvalue weighted by atomic mass is 10.1. The molecule has 0 spiro atoms. The first-order valence-corrected chi connectivity index (χ1v) is 9.36. The smallest absolute Gasteiger partial charge is 0.325 e. The van der Waals surface area contributed by atoms with Crippen molar-refractivity contribution in [2.75, 3.05) is 0 Å². The van der Waals surface area contributed by atoms with E-state index < -0.39 is 12.1 Å². The molecule has 1 aliphatic heterocycles. The topological polar surface area (TPSA) is 93.0 Å². The van der Waals surface area contributed by atoms with Crippen LogP contribution in [0.3, 0.4) is 0 Å². The highest BCUT2D eigenvalue weighted by molar-refractivity contribution is 6.32. The summed E-state index contributed by atoms with van der Waals surface area (Å²) >= 11 is 6.34. The molecule has 28 heavy (non-hydrogen) atoms. The SMILES string of the molecule is CC(C)n1cc(C[C@H]2NC(=O)N(Cc3c(Cl)ccc4cccnc34)C2=O)nn1. The molecule has 144 valence electrons. The van der Waals surface area contributed by atoms with Crippen molar-refractivity contribution in [3.63, 3.8) is 0 Å². The Labute approximate surface area is 166 Å². The Balaban J connectivity index is 1.56. The molecule has 0 radical (unpaired) electrons. The van der Waals surface area contributed by atoms with Crippen molar-refractivity contribution in [3.05, 3.63) is 52.9 Å². The number of hydrogen-bond donors (Lipinski definition) is 1. The average Bonchev–Trinajstić information content (AvgIpc) is 3.24. The van der Waals surface area contributed by atoms with E-state index in [1.807, 2.05) is 32.0 Å². The number of carbonyl (C=O) groups is 2. The lowest BCUT2D eigenvalue weighted by Crippen LogP contribution is -2.32. The van der Waals surface area contributed by atoms with Gasteiger partial charge in [-0.3, -0.25) is 14.7 Å². The molecule has 1 aromatic carbocycles. The van der Waals surface area contributed by atoms with Crippen LogP contribution in [0.15, 0.2) is 36.7 Å². The molecule has 9 heteroatoms. The third-order valence-corrected chi connectivity index (χ3v) is 5.10. The van der Waals surface area contributed by atoms with Gasteiger partial charge in [-0.1, -0.05) is 28.9 Å². The van der Waals surface area contributed by atoms with E-state index in [0.717, 1.165) is 5.39 Å². The Morgan fingerprint density at radius 2 is 2.07 bits per heavy atom. The van der Waals surface area contributed by atoms with E-state index in [0.29, 0.717) is 21.8 Å². The fourth-order valence-electron chi connectivity index (χ4n) is 3.22. The molecule has 2 aromatic heterocycles. The van der Waals surface area contributed by atoms with Crippen LogP contribution in [0.5, 0.6) is 0 Å². The molecule has 1 fully saturated rings. The van der Waals surface area contributed by atoms with Crippen LogP contribution in [0.2, 0.25) is 5.02 Å². The molecule has 0 bridgehead atoms. The quantitative estimate of drug-likeness (QED) is 0.667. The molecule has 3 heterocycles. The summed E-state index contributed by atoms with van der Waals surface area (Å²) in [7, 11) is 0. The number of halogens is 1. The Hall–Kier alpha value is -3.00. The Bertz CT molecular complexity index is 1060. The first-order chi connectivity index (χ1) is 13.4. The summed E-state index contributed by atoms with van der Waals surface area (Å²) in [5.74, 6) is -0.312. The highest BCUT2D eigenvalue weighted by Gasteiger charge is 2.39. The maximum Gasteiger partial charge on any atom is 0.325 e. The molecule has 0 unspecified atom stereocenters. The fraction of sp³-hybridized carbons (Fsp3) is 0.316. The second-order valence-corrected chi connectivity index (χ2v) is 7.42. The maximum atomic E-state index is 12.8. The van der Waals surface area contributed by atoms with E-state index in [-0.39, 0.29) is 24.9 Å². The number of carbonyl (C=O) groups excluding carboxylic acids is 2. The Kier molecular flexibility index (Phi) is 4.72. The number of amides is 3. The standard InChI is InChI=1S/C19H19ClN6O2/c1-11(2)26-9-13(23-24-26)8-16-18(27)25(19(28)22-16)10-14-15(20)6-5-12-4-3-7-21-17(12)14/h3-7,9,11,16H,8,10H2,1-2H3,(H,22,28)/t16-/m1/s1. The molecule has 0 saturated carbocycles. The van der Waals surface area contributed by atoms with Gasteiger partial charge in [-0.25, -0.2) is 9.48 Å². The highest BCUT2D eigenvalue weighted by atomic mass is 35.5. The third kappa shape index (κ3) is 3.31. The molecule has 3 amide bonds. The van der Waals surface area contributed by atoms with E-state index in [1.165, 1.54) is 4.90 Å². The Morgan fingerprint density at radius 1 is 1.25 bits per heavy atom. The van der Waals surface area contributed by atoms with Crippen LogP contribution in [0, 0.1) is 0 Å². The molecule has 1 saturated heterocycles. The first kappa shape index (κ1) is 18.4. The summed E-state index contributed by atoms with van der Waals surface area (Å²) in [6.07, 6.45) is 3.74. The summed E-state index contributed by atoms with van der Waals surface area (Å²) in [5.41, 5.74) is 1.98. The van der Waals surface area contributed by atoms with Crippen molar-refractivity contribution in [2.24, 2.45) is 0 Å². The molecule has 1 N–H and O–H groups in total. The molecule has 0 aliphatic carbocycles. The second-order valence-electron chi connectivity index (χ2n) is 7.02. The second kappa shape index (κ2) is 7.20. The minimum absolute atomic E-state index is 0.0625. The molecular weight excluding hydrogens is 380 g/mol. The zero-order valence-corrected chi connectivity index (χ0v) is 16.2. The Morgan fingerprint density at radius 3 is 2.82 bits per heavy atom. The molecular formula is C19H19ClN6O2. The number of aromatic nitrogens is 4. The summed E-state index contributed by atoms with van der Waals surface area (Å²) in [5, 5.41) is 12.2. The number of pyridine rings is 1. The number of urea groups is 1. The van der Waals surface area contributed by atoms with Gasteiger partial charge in [0.15, 0.2) is 0 Å². The van der Waals surface area contributed by atoms with Crippen LogP contribution < -0.4 is 5.32 Å². The fourth-order valence-corrected chi connectivity index (χ4v) is 3.44. The molecule has 8 nitrogen and oxygen atoms in total. The highest BCUT2D eigenvalue weighted by Crippen LogP contribution is 2.27. The first-order valence-electron chi connectivity index (χ1n) is 8.98. The lowest BCUT2D eigenvalue weighted by Gasteiger charge is -2.15. The van der Waals surface area contributed by atoms with Gasteiger partial charge in [-0.05, 0) is 26.0 Å². The van der Waals surface area contributed by atoms with Gasteiger partial charge in [0, 0.05) is 40.8 Å². The normalized spacial score (nSPS) is 17.0. The number of imide groups is 1. The van der Waals surface area contributed by atoms with Crippen LogP contribution in [0.25, 0.3) is 10.9 Å². The van der Waals surface area contributed by atoms with E-state index in [2.05, 4.69) is 20.6 Å². The zero-order chi connectivity index (χ0) is 19.8. The van der Waals surface area contributed by atoms with Gasteiger partial charge in [0.2, 0.25) is 0 Å². The number of benzene rings is 1. The van der Waals surface area contributed by atoms with E-state index in [9.17, 15) is 9.59 Å². The molecule has 4 rings (SSSR count). The van der Waals surface area contributed by atoms with Crippen molar-refractivity contribution >= 4 is 34.4 Å². The zero-order valence-electron chi connectivity index (χ0n) is 15.5.